The highest BCUT2D eigenvalue weighted by molar-refractivity contribution is 7.09. The standard InChI is InChI=1S/C19H22N2O4S/c1-14-20-16(13-26-14)12-23-17-4-2-15(3-5-17)18(22)21-8-6-19(7-9-21)24-10-11-25-19/h2-5,13H,6-12H2,1H3. The molecule has 0 aliphatic carbocycles. The Morgan fingerprint density at radius 1 is 1.23 bits per heavy atom. The summed E-state index contributed by atoms with van der Waals surface area (Å²) in [6, 6.07) is 7.30. The van der Waals surface area contributed by atoms with E-state index in [1.807, 2.05) is 41.5 Å². The maximum atomic E-state index is 12.7. The summed E-state index contributed by atoms with van der Waals surface area (Å²) in [5.41, 5.74) is 1.59. The molecule has 7 heteroatoms. The third-order valence-corrected chi connectivity index (χ3v) is 5.60. The Hall–Kier alpha value is -1.96. The summed E-state index contributed by atoms with van der Waals surface area (Å²) >= 11 is 1.61. The molecule has 0 radical (unpaired) electrons. The van der Waals surface area contributed by atoms with Crippen LogP contribution in [0.25, 0.3) is 0 Å². The fourth-order valence-corrected chi connectivity index (χ4v) is 3.94. The summed E-state index contributed by atoms with van der Waals surface area (Å²) in [7, 11) is 0. The van der Waals surface area contributed by atoms with E-state index in [4.69, 9.17) is 14.2 Å². The van der Waals surface area contributed by atoms with Crippen molar-refractivity contribution in [1.29, 1.82) is 0 Å². The van der Waals surface area contributed by atoms with Crippen LogP contribution in [-0.4, -0.2) is 47.9 Å². The molecule has 0 atom stereocenters. The number of rotatable bonds is 4. The largest absolute Gasteiger partial charge is 0.487 e. The summed E-state index contributed by atoms with van der Waals surface area (Å²) in [5.74, 6) is 0.319. The van der Waals surface area contributed by atoms with Gasteiger partial charge in [-0.2, -0.15) is 0 Å². The van der Waals surface area contributed by atoms with Crippen LogP contribution >= 0.6 is 11.3 Å². The normalized spacial score (nSPS) is 19.0. The number of benzene rings is 1. The smallest absolute Gasteiger partial charge is 0.253 e. The number of carbonyl (C=O) groups is 1. The maximum Gasteiger partial charge on any atom is 0.253 e. The number of thiazole rings is 1. The first-order valence-corrected chi connectivity index (χ1v) is 9.73. The lowest BCUT2D eigenvalue weighted by Gasteiger charge is -2.37. The summed E-state index contributed by atoms with van der Waals surface area (Å²) in [6.45, 7) is 5.01. The monoisotopic (exact) mass is 374 g/mol. The van der Waals surface area contributed by atoms with Gasteiger partial charge in [-0.3, -0.25) is 4.79 Å². The Balaban J connectivity index is 1.32. The van der Waals surface area contributed by atoms with Gasteiger partial charge in [-0.1, -0.05) is 0 Å². The number of nitrogens with zero attached hydrogens (tertiary/aromatic N) is 2. The molecule has 3 heterocycles. The molecule has 2 aromatic rings. The first-order valence-electron chi connectivity index (χ1n) is 8.85. The van der Waals surface area contributed by atoms with E-state index in [0.29, 0.717) is 38.5 Å². The number of aromatic nitrogens is 1. The second kappa shape index (κ2) is 7.34. The van der Waals surface area contributed by atoms with E-state index in [9.17, 15) is 4.79 Å². The van der Waals surface area contributed by atoms with E-state index < -0.39 is 5.79 Å². The molecule has 1 spiro atoms. The molecule has 2 fully saturated rings. The van der Waals surface area contributed by atoms with Crippen LogP contribution in [0.2, 0.25) is 0 Å². The van der Waals surface area contributed by atoms with E-state index in [1.165, 1.54) is 0 Å². The zero-order chi connectivity index (χ0) is 18.0. The zero-order valence-electron chi connectivity index (χ0n) is 14.8. The average molecular weight is 374 g/mol. The molecule has 0 saturated carbocycles. The van der Waals surface area contributed by atoms with Crippen LogP contribution < -0.4 is 4.74 Å². The second-order valence-electron chi connectivity index (χ2n) is 6.57. The number of hydrogen-bond donors (Lipinski definition) is 0. The van der Waals surface area contributed by atoms with Crippen molar-refractivity contribution < 1.29 is 19.0 Å². The maximum absolute atomic E-state index is 12.7. The number of ether oxygens (including phenoxy) is 3. The van der Waals surface area contributed by atoms with Gasteiger partial charge in [-0.05, 0) is 31.2 Å². The number of aryl methyl sites for hydroxylation is 1. The van der Waals surface area contributed by atoms with Gasteiger partial charge < -0.3 is 19.1 Å². The summed E-state index contributed by atoms with van der Waals surface area (Å²) in [4.78, 5) is 18.9. The summed E-state index contributed by atoms with van der Waals surface area (Å²) in [6.07, 6.45) is 1.46. The zero-order valence-corrected chi connectivity index (χ0v) is 15.6. The summed E-state index contributed by atoms with van der Waals surface area (Å²) in [5, 5.41) is 3.02. The molecular weight excluding hydrogens is 352 g/mol. The highest BCUT2D eigenvalue weighted by Crippen LogP contribution is 2.31. The molecule has 0 bridgehead atoms. The highest BCUT2D eigenvalue weighted by atomic mass is 32.1. The van der Waals surface area contributed by atoms with Crippen LogP contribution in [0.4, 0.5) is 0 Å². The molecule has 6 nitrogen and oxygen atoms in total. The van der Waals surface area contributed by atoms with Crippen LogP contribution in [0, 0.1) is 6.92 Å². The molecule has 4 rings (SSSR count). The molecule has 138 valence electrons. The lowest BCUT2D eigenvalue weighted by molar-refractivity contribution is -0.181. The van der Waals surface area contributed by atoms with Gasteiger partial charge in [0.2, 0.25) is 0 Å². The molecule has 2 saturated heterocycles. The van der Waals surface area contributed by atoms with Crippen molar-refractivity contribution in [2.75, 3.05) is 26.3 Å². The second-order valence-corrected chi connectivity index (χ2v) is 7.63. The van der Waals surface area contributed by atoms with Gasteiger partial charge in [-0.15, -0.1) is 11.3 Å². The third kappa shape index (κ3) is 3.75. The van der Waals surface area contributed by atoms with Crippen LogP contribution in [0.5, 0.6) is 5.75 Å². The average Bonchev–Trinajstić information content (AvgIpc) is 3.30. The molecule has 0 N–H and O–H groups in total. The number of piperidine rings is 1. The van der Waals surface area contributed by atoms with E-state index in [-0.39, 0.29) is 5.91 Å². The van der Waals surface area contributed by atoms with E-state index in [2.05, 4.69) is 4.98 Å². The number of amides is 1. The van der Waals surface area contributed by atoms with Crippen molar-refractivity contribution >= 4 is 17.2 Å². The van der Waals surface area contributed by atoms with Crippen molar-refractivity contribution in [2.24, 2.45) is 0 Å². The van der Waals surface area contributed by atoms with Gasteiger partial charge in [0.05, 0.1) is 23.9 Å². The Kier molecular flexibility index (Phi) is 4.93. The first kappa shape index (κ1) is 17.5. The van der Waals surface area contributed by atoms with Gasteiger partial charge >= 0.3 is 0 Å². The van der Waals surface area contributed by atoms with Crippen molar-refractivity contribution in [3.63, 3.8) is 0 Å². The molecule has 1 aromatic carbocycles. The Morgan fingerprint density at radius 3 is 2.54 bits per heavy atom. The fourth-order valence-electron chi connectivity index (χ4n) is 3.34. The molecule has 1 amide bonds. The Morgan fingerprint density at radius 2 is 1.92 bits per heavy atom. The van der Waals surface area contributed by atoms with Crippen LogP contribution in [0.3, 0.4) is 0 Å². The molecular formula is C19H22N2O4S. The van der Waals surface area contributed by atoms with Gasteiger partial charge in [0.15, 0.2) is 5.79 Å². The minimum Gasteiger partial charge on any atom is -0.487 e. The van der Waals surface area contributed by atoms with Gasteiger partial charge in [0.1, 0.15) is 12.4 Å². The van der Waals surface area contributed by atoms with Crippen molar-refractivity contribution in [3.8, 4) is 5.75 Å². The number of carbonyl (C=O) groups excluding carboxylic acids is 1. The molecule has 26 heavy (non-hydrogen) atoms. The SMILES string of the molecule is Cc1nc(COc2ccc(C(=O)N3CCC4(CC3)OCCO4)cc2)cs1. The van der Waals surface area contributed by atoms with Gasteiger partial charge in [0, 0.05) is 36.9 Å². The Bertz CT molecular complexity index is 758. The van der Waals surface area contributed by atoms with E-state index in [0.717, 1.165) is 29.3 Å². The molecule has 1 aromatic heterocycles. The molecule has 2 aliphatic rings. The highest BCUT2D eigenvalue weighted by Gasteiger charge is 2.40. The minimum atomic E-state index is -0.456. The number of likely N-dealkylation sites (tertiary alicyclic amines) is 1. The van der Waals surface area contributed by atoms with Crippen LogP contribution in [0.1, 0.15) is 33.9 Å². The van der Waals surface area contributed by atoms with E-state index in [1.54, 1.807) is 11.3 Å². The van der Waals surface area contributed by atoms with Crippen LogP contribution in [0.15, 0.2) is 29.6 Å². The lowest BCUT2D eigenvalue weighted by Crippen LogP contribution is -2.47. The van der Waals surface area contributed by atoms with Crippen LogP contribution in [-0.2, 0) is 16.1 Å². The first-order chi connectivity index (χ1) is 12.6. The van der Waals surface area contributed by atoms with Gasteiger partial charge in [0.25, 0.3) is 5.91 Å². The van der Waals surface area contributed by atoms with Crippen molar-refractivity contribution in [1.82, 2.24) is 9.88 Å². The minimum absolute atomic E-state index is 0.0412. The predicted octanol–water partition coefficient (Wildman–Crippen LogP) is 3.01. The molecule has 0 unspecified atom stereocenters. The third-order valence-electron chi connectivity index (χ3n) is 4.78. The fraction of sp³-hybridized carbons (Fsp3) is 0.474. The summed E-state index contributed by atoms with van der Waals surface area (Å²) < 4.78 is 17.2. The predicted molar refractivity (Wildman–Crippen MR) is 97.4 cm³/mol. The Labute approximate surface area is 156 Å². The van der Waals surface area contributed by atoms with Crippen molar-refractivity contribution in [3.05, 3.63) is 45.9 Å². The number of hydrogen-bond acceptors (Lipinski definition) is 6. The van der Waals surface area contributed by atoms with Crippen molar-refractivity contribution in [2.45, 2.75) is 32.2 Å². The topological polar surface area (TPSA) is 60.9 Å². The van der Waals surface area contributed by atoms with Gasteiger partial charge in [-0.25, -0.2) is 4.98 Å². The van der Waals surface area contributed by atoms with E-state index >= 15 is 0 Å². The quantitative estimate of drug-likeness (QED) is 0.823. The molecule has 2 aliphatic heterocycles. The lowest BCUT2D eigenvalue weighted by atomic mass is 10.0.